The van der Waals surface area contributed by atoms with Crippen molar-refractivity contribution in [3.63, 3.8) is 0 Å². The molecule has 0 unspecified atom stereocenters. The lowest BCUT2D eigenvalue weighted by atomic mass is 10.0. The molecule has 0 fully saturated rings. The van der Waals surface area contributed by atoms with Gasteiger partial charge in [0.05, 0.1) is 6.04 Å². The number of hydrogen-bond donors (Lipinski definition) is 2. The minimum Gasteiger partial charge on any atom is -0.368 e. The molecule has 0 heterocycles. The molecule has 2 aromatic rings. The van der Waals surface area contributed by atoms with Crippen LogP contribution >= 0.6 is 0 Å². The number of carbonyl (C=O) groups is 1. The summed E-state index contributed by atoms with van der Waals surface area (Å²) in [5.41, 5.74) is 10.0. The molecule has 0 aromatic heterocycles. The first-order valence-corrected chi connectivity index (χ1v) is 6.75. The van der Waals surface area contributed by atoms with Crippen molar-refractivity contribution >= 4 is 5.91 Å². The van der Waals surface area contributed by atoms with Gasteiger partial charge in [-0.1, -0.05) is 54.1 Å². The lowest BCUT2D eigenvalue weighted by Crippen LogP contribution is -2.38. The van der Waals surface area contributed by atoms with Crippen LogP contribution < -0.4 is 11.1 Å². The topological polar surface area (TPSA) is 55.1 Å². The molecule has 1 amide bonds. The summed E-state index contributed by atoms with van der Waals surface area (Å²) in [4.78, 5) is 10.9. The second kappa shape index (κ2) is 6.35. The van der Waals surface area contributed by atoms with Crippen molar-refractivity contribution in [1.82, 2.24) is 5.32 Å². The summed E-state index contributed by atoms with van der Waals surface area (Å²) >= 11 is 0. The SMILES string of the molecule is Cc1ccc(-c2ccc(CN[C@@H](C)C(N)=O)cc2)cc1. The number of amides is 1. The van der Waals surface area contributed by atoms with Crippen LogP contribution in [-0.4, -0.2) is 11.9 Å². The summed E-state index contributed by atoms with van der Waals surface area (Å²) in [6.07, 6.45) is 0. The second-order valence-corrected chi connectivity index (χ2v) is 5.07. The standard InChI is InChI=1S/C17H20N2O/c1-12-3-7-15(8-4-12)16-9-5-14(6-10-16)11-19-13(2)17(18)20/h3-10,13,19H,11H2,1-2H3,(H2,18,20)/t13-/m0/s1. The smallest absolute Gasteiger partial charge is 0.234 e. The van der Waals surface area contributed by atoms with Crippen molar-refractivity contribution in [2.75, 3.05) is 0 Å². The molecule has 0 radical (unpaired) electrons. The molecular weight excluding hydrogens is 248 g/mol. The molecule has 1 atom stereocenters. The predicted molar refractivity (Wildman–Crippen MR) is 82.1 cm³/mol. The third-order valence-electron chi connectivity index (χ3n) is 3.38. The maximum absolute atomic E-state index is 10.9. The third kappa shape index (κ3) is 3.68. The van der Waals surface area contributed by atoms with E-state index in [1.165, 1.54) is 16.7 Å². The Morgan fingerprint density at radius 1 is 1.05 bits per heavy atom. The van der Waals surface area contributed by atoms with E-state index >= 15 is 0 Å². The molecule has 0 aliphatic heterocycles. The number of nitrogens with one attached hydrogen (secondary N) is 1. The summed E-state index contributed by atoms with van der Waals surface area (Å²) in [6, 6.07) is 16.5. The largest absolute Gasteiger partial charge is 0.368 e. The maximum atomic E-state index is 10.9. The Labute approximate surface area is 119 Å². The minimum absolute atomic E-state index is 0.313. The lowest BCUT2D eigenvalue weighted by molar-refractivity contribution is -0.119. The Hall–Kier alpha value is -2.13. The number of aryl methyl sites for hydroxylation is 1. The van der Waals surface area contributed by atoms with Crippen LogP contribution in [0.3, 0.4) is 0 Å². The Morgan fingerprint density at radius 2 is 1.55 bits per heavy atom. The van der Waals surface area contributed by atoms with E-state index in [0.717, 1.165) is 5.56 Å². The van der Waals surface area contributed by atoms with Crippen LogP contribution in [0.1, 0.15) is 18.1 Å². The first-order chi connectivity index (χ1) is 9.56. The zero-order valence-corrected chi connectivity index (χ0v) is 11.9. The molecule has 20 heavy (non-hydrogen) atoms. The summed E-state index contributed by atoms with van der Waals surface area (Å²) in [6.45, 7) is 4.49. The Balaban J connectivity index is 2.03. The van der Waals surface area contributed by atoms with Gasteiger partial charge in [0.2, 0.25) is 5.91 Å². The summed E-state index contributed by atoms with van der Waals surface area (Å²) in [5.74, 6) is -0.332. The minimum atomic E-state index is -0.332. The highest BCUT2D eigenvalue weighted by molar-refractivity contribution is 5.79. The fourth-order valence-electron chi connectivity index (χ4n) is 1.93. The van der Waals surface area contributed by atoms with Crippen molar-refractivity contribution in [2.24, 2.45) is 5.73 Å². The Bertz CT molecular complexity index is 573. The van der Waals surface area contributed by atoms with E-state index in [1.807, 2.05) is 0 Å². The molecule has 0 bridgehead atoms. The monoisotopic (exact) mass is 268 g/mol. The van der Waals surface area contributed by atoms with Crippen molar-refractivity contribution < 1.29 is 4.79 Å². The first-order valence-electron chi connectivity index (χ1n) is 6.75. The Kier molecular flexibility index (Phi) is 4.53. The van der Waals surface area contributed by atoms with Gasteiger partial charge >= 0.3 is 0 Å². The first kappa shape index (κ1) is 14.3. The van der Waals surface area contributed by atoms with Gasteiger partial charge in [0.25, 0.3) is 0 Å². The van der Waals surface area contributed by atoms with E-state index in [-0.39, 0.29) is 11.9 Å². The van der Waals surface area contributed by atoms with E-state index in [0.29, 0.717) is 6.54 Å². The van der Waals surface area contributed by atoms with Gasteiger partial charge in [-0.25, -0.2) is 0 Å². The number of hydrogen-bond acceptors (Lipinski definition) is 2. The number of rotatable bonds is 5. The average molecular weight is 268 g/mol. The van der Waals surface area contributed by atoms with E-state index in [1.54, 1.807) is 6.92 Å². The quantitative estimate of drug-likeness (QED) is 0.876. The summed E-state index contributed by atoms with van der Waals surface area (Å²) in [5, 5.41) is 3.09. The highest BCUT2D eigenvalue weighted by atomic mass is 16.1. The zero-order chi connectivity index (χ0) is 14.5. The molecule has 3 nitrogen and oxygen atoms in total. The predicted octanol–water partition coefficient (Wildman–Crippen LogP) is 2.63. The van der Waals surface area contributed by atoms with Gasteiger partial charge in [0.1, 0.15) is 0 Å². The van der Waals surface area contributed by atoms with Gasteiger partial charge in [0.15, 0.2) is 0 Å². The molecule has 0 saturated heterocycles. The maximum Gasteiger partial charge on any atom is 0.234 e. The number of nitrogens with two attached hydrogens (primary N) is 1. The fraction of sp³-hybridized carbons (Fsp3) is 0.235. The molecule has 0 spiro atoms. The highest BCUT2D eigenvalue weighted by Crippen LogP contribution is 2.20. The molecule has 3 heteroatoms. The van der Waals surface area contributed by atoms with Crippen molar-refractivity contribution in [3.8, 4) is 11.1 Å². The van der Waals surface area contributed by atoms with Crippen LogP contribution in [0.25, 0.3) is 11.1 Å². The fourth-order valence-corrected chi connectivity index (χ4v) is 1.93. The molecule has 0 aliphatic carbocycles. The molecule has 0 aliphatic rings. The van der Waals surface area contributed by atoms with E-state index < -0.39 is 0 Å². The van der Waals surface area contributed by atoms with Crippen LogP contribution in [-0.2, 0) is 11.3 Å². The zero-order valence-electron chi connectivity index (χ0n) is 11.9. The van der Waals surface area contributed by atoms with Crippen molar-refractivity contribution in [2.45, 2.75) is 26.4 Å². The van der Waals surface area contributed by atoms with Crippen LogP contribution in [0.2, 0.25) is 0 Å². The number of benzene rings is 2. The molecule has 2 aromatic carbocycles. The lowest BCUT2D eigenvalue weighted by Gasteiger charge is -2.10. The summed E-state index contributed by atoms with van der Waals surface area (Å²) in [7, 11) is 0. The van der Waals surface area contributed by atoms with E-state index in [4.69, 9.17) is 5.73 Å². The molecule has 0 saturated carbocycles. The van der Waals surface area contributed by atoms with Crippen LogP contribution in [0, 0.1) is 6.92 Å². The molecular formula is C17H20N2O. The van der Waals surface area contributed by atoms with E-state index in [2.05, 4.69) is 60.8 Å². The van der Waals surface area contributed by atoms with Gasteiger partial charge in [-0.15, -0.1) is 0 Å². The van der Waals surface area contributed by atoms with Gasteiger partial charge in [-0.3, -0.25) is 4.79 Å². The number of primary amides is 1. The van der Waals surface area contributed by atoms with E-state index in [9.17, 15) is 4.79 Å². The van der Waals surface area contributed by atoms with Gasteiger partial charge < -0.3 is 11.1 Å². The molecule has 3 N–H and O–H groups in total. The van der Waals surface area contributed by atoms with Gasteiger partial charge in [0, 0.05) is 6.54 Å². The average Bonchev–Trinajstić information content (AvgIpc) is 2.46. The normalized spacial score (nSPS) is 12.1. The van der Waals surface area contributed by atoms with Crippen LogP contribution in [0.15, 0.2) is 48.5 Å². The number of carbonyl (C=O) groups excluding carboxylic acids is 1. The third-order valence-corrected chi connectivity index (χ3v) is 3.38. The Morgan fingerprint density at radius 3 is 2.05 bits per heavy atom. The summed E-state index contributed by atoms with van der Waals surface area (Å²) < 4.78 is 0. The highest BCUT2D eigenvalue weighted by Gasteiger charge is 2.06. The van der Waals surface area contributed by atoms with Gasteiger partial charge in [-0.2, -0.15) is 0 Å². The van der Waals surface area contributed by atoms with Gasteiger partial charge in [-0.05, 0) is 30.5 Å². The van der Waals surface area contributed by atoms with Crippen LogP contribution in [0.5, 0.6) is 0 Å². The van der Waals surface area contributed by atoms with Crippen LogP contribution in [0.4, 0.5) is 0 Å². The van der Waals surface area contributed by atoms with Crippen molar-refractivity contribution in [1.29, 1.82) is 0 Å². The second-order valence-electron chi connectivity index (χ2n) is 5.07. The molecule has 2 rings (SSSR count). The molecule has 104 valence electrons. The van der Waals surface area contributed by atoms with Crippen molar-refractivity contribution in [3.05, 3.63) is 59.7 Å².